The van der Waals surface area contributed by atoms with E-state index in [9.17, 15) is 8.42 Å². The second-order valence-corrected chi connectivity index (χ2v) is 6.10. The third-order valence-corrected chi connectivity index (χ3v) is 4.47. The highest BCUT2D eigenvalue weighted by atomic mass is 32.2. The smallest absolute Gasteiger partial charge is 0.260 e. The van der Waals surface area contributed by atoms with Gasteiger partial charge in [-0.25, -0.2) is 23.1 Å². The number of aromatic nitrogens is 4. The molecule has 0 unspecified atom stereocenters. The number of fused-ring (bicyclic) bond motifs is 1. The molecule has 9 heteroatoms. The average Bonchev–Trinajstić information content (AvgIpc) is 3.04. The van der Waals surface area contributed by atoms with Crippen LogP contribution in [0.15, 0.2) is 41.8 Å². The number of H-pyrrole nitrogens is 1. The number of hydrogen-bond acceptors (Lipinski definition) is 5. The molecular weight excluding hydrogens is 292 g/mol. The summed E-state index contributed by atoms with van der Waals surface area (Å²) < 4.78 is 28.7. The lowest BCUT2D eigenvalue weighted by atomic mass is 10.4. The van der Waals surface area contributed by atoms with Gasteiger partial charge in [0, 0.05) is 31.6 Å². The molecule has 0 radical (unpaired) electrons. The van der Waals surface area contributed by atoms with Crippen LogP contribution in [0.2, 0.25) is 0 Å². The van der Waals surface area contributed by atoms with Crippen molar-refractivity contribution in [1.29, 1.82) is 0 Å². The van der Waals surface area contributed by atoms with Crippen molar-refractivity contribution in [2.24, 2.45) is 0 Å². The first kappa shape index (κ1) is 13.6. The molecule has 110 valence electrons. The number of anilines is 1. The van der Waals surface area contributed by atoms with Crippen LogP contribution in [0.1, 0.15) is 5.82 Å². The molecule has 0 bridgehead atoms. The van der Waals surface area contributed by atoms with Crippen molar-refractivity contribution in [3.63, 3.8) is 0 Å². The largest absolute Gasteiger partial charge is 0.381 e. The maximum Gasteiger partial charge on any atom is 0.260 e. The molecule has 3 aromatic heterocycles. The van der Waals surface area contributed by atoms with Gasteiger partial charge >= 0.3 is 0 Å². The van der Waals surface area contributed by atoms with Crippen LogP contribution in [-0.4, -0.2) is 34.3 Å². The van der Waals surface area contributed by atoms with Crippen LogP contribution < -0.4 is 10.5 Å². The van der Waals surface area contributed by atoms with Crippen LogP contribution in [0.3, 0.4) is 0 Å². The zero-order chi connectivity index (χ0) is 14.9. The number of hydrogen-bond donors (Lipinski definition) is 3. The topological polar surface area (TPSA) is 118 Å². The Morgan fingerprint density at radius 1 is 1.38 bits per heavy atom. The van der Waals surface area contributed by atoms with E-state index in [1.807, 2.05) is 0 Å². The van der Waals surface area contributed by atoms with Crippen molar-refractivity contribution < 1.29 is 8.42 Å². The molecule has 0 fully saturated rings. The van der Waals surface area contributed by atoms with Crippen LogP contribution >= 0.6 is 0 Å². The van der Waals surface area contributed by atoms with Crippen LogP contribution in [0, 0.1) is 0 Å². The van der Waals surface area contributed by atoms with Gasteiger partial charge in [0.2, 0.25) is 0 Å². The number of imidazole rings is 2. The third kappa shape index (κ3) is 2.60. The zero-order valence-corrected chi connectivity index (χ0v) is 11.8. The normalized spacial score (nSPS) is 12.0. The third-order valence-electron chi connectivity index (χ3n) is 2.97. The Morgan fingerprint density at radius 2 is 2.24 bits per heavy atom. The predicted octanol–water partition coefficient (Wildman–Crippen LogP) is 0.161. The van der Waals surface area contributed by atoms with Crippen molar-refractivity contribution in [2.45, 2.75) is 11.4 Å². The Hall–Kier alpha value is -2.39. The van der Waals surface area contributed by atoms with E-state index in [-0.39, 0.29) is 17.4 Å². The molecule has 8 nitrogen and oxygen atoms in total. The van der Waals surface area contributed by atoms with Gasteiger partial charge in [-0.15, -0.1) is 0 Å². The van der Waals surface area contributed by atoms with E-state index in [0.717, 1.165) is 0 Å². The fourth-order valence-electron chi connectivity index (χ4n) is 2.07. The molecule has 0 saturated heterocycles. The highest BCUT2D eigenvalue weighted by Crippen LogP contribution is 2.19. The van der Waals surface area contributed by atoms with Crippen LogP contribution in [0.25, 0.3) is 5.65 Å². The van der Waals surface area contributed by atoms with E-state index in [0.29, 0.717) is 17.9 Å². The molecule has 0 aliphatic heterocycles. The van der Waals surface area contributed by atoms with Gasteiger partial charge in [-0.3, -0.25) is 4.40 Å². The standard InChI is InChI=1S/C12H14N6O2S/c13-11-12(18-8-2-1-3-10(18)17-11)21(19,20)16-5-4-9-14-6-7-15-9/h1-3,6-8,16H,4-5,13H2,(H,14,15). The lowest BCUT2D eigenvalue weighted by Gasteiger charge is -2.06. The molecule has 0 saturated carbocycles. The van der Waals surface area contributed by atoms with Gasteiger partial charge in [0.1, 0.15) is 11.5 Å². The van der Waals surface area contributed by atoms with Crippen molar-refractivity contribution in [3.8, 4) is 0 Å². The first-order chi connectivity index (χ1) is 10.1. The summed E-state index contributed by atoms with van der Waals surface area (Å²) in [7, 11) is -3.74. The number of nitrogen functional groups attached to an aromatic ring is 1. The number of pyridine rings is 1. The molecule has 0 aliphatic carbocycles. The molecule has 4 N–H and O–H groups in total. The first-order valence-electron chi connectivity index (χ1n) is 6.28. The minimum atomic E-state index is -3.74. The van der Waals surface area contributed by atoms with Crippen LogP contribution in [0.4, 0.5) is 5.82 Å². The van der Waals surface area contributed by atoms with E-state index in [1.165, 1.54) is 4.40 Å². The Kier molecular flexibility index (Phi) is 3.35. The molecular formula is C12H14N6O2S. The number of rotatable bonds is 5. The fourth-order valence-corrected chi connectivity index (χ4v) is 3.31. The second kappa shape index (κ2) is 5.19. The maximum absolute atomic E-state index is 12.4. The van der Waals surface area contributed by atoms with E-state index >= 15 is 0 Å². The van der Waals surface area contributed by atoms with Gasteiger partial charge < -0.3 is 10.7 Å². The molecule has 0 spiro atoms. The Morgan fingerprint density at radius 3 is 3.00 bits per heavy atom. The van der Waals surface area contributed by atoms with Gasteiger partial charge in [-0.1, -0.05) is 6.07 Å². The van der Waals surface area contributed by atoms with Crippen molar-refractivity contribution >= 4 is 21.5 Å². The van der Waals surface area contributed by atoms with E-state index in [1.54, 1.807) is 36.8 Å². The Labute approximate surface area is 121 Å². The molecule has 21 heavy (non-hydrogen) atoms. The highest BCUT2D eigenvalue weighted by Gasteiger charge is 2.23. The zero-order valence-electron chi connectivity index (χ0n) is 11.0. The number of nitrogens with zero attached hydrogens (tertiary/aromatic N) is 3. The van der Waals surface area contributed by atoms with Gasteiger partial charge in [-0.05, 0) is 12.1 Å². The van der Waals surface area contributed by atoms with Gasteiger partial charge in [0.15, 0.2) is 10.8 Å². The lowest BCUT2D eigenvalue weighted by Crippen LogP contribution is -2.28. The summed E-state index contributed by atoms with van der Waals surface area (Å²) in [5.41, 5.74) is 6.22. The molecule has 3 heterocycles. The molecule has 0 atom stereocenters. The summed E-state index contributed by atoms with van der Waals surface area (Å²) in [5.74, 6) is 0.690. The predicted molar refractivity (Wildman–Crippen MR) is 77.1 cm³/mol. The highest BCUT2D eigenvalue weighted by molar-refractivity contribution is 7.89. The summed E-state index contributed by atoms with van der Waals surface area (Å²) in [6, 6.07) is 5.18. The van der Waals surface area contributed by atoms with Crippen LogP contribution in [0.5, 0.6) is 0 Å². The van der Waals surface area contributed by atoms with Gasteiger partial charge in [-0.2, -0.15) is 0 Å². The summed E-state index contributed by atoms with van der Waals surface area (Å²) in [4.78, 5) is 11.0. The number of nitrogens with one attached hydrogen (secondary N) is 2. The van der Waals surface area contributed by atoms with Crippen molar-refractivity contribution in [3.05, 3.63) is 42.6 Å². The molecule has 3 aromatic rings. The summed E-state index contributed by atoms with van der Waals surface area (Å²) >= 11 is 0. The van der Waals surface area contributed by atoms with E-state index in [4.69, 9.17) is 5.73 Å². The maximum atomic E-state index is 12.4. The van der Waals surface area contributed by atoms with Gasteiger partial charge in [0.05, 0.1) is 0 Å². The second-order valence-electron chi connectivity index (χ2n) is 4.41. The minimum Gasteiger partial charge on any atom is -0.381 e. The molecule has 0 aromatic carbocycles. The number of nitrogens with two attached hydrogens (primary N) is 1. The van der Waals surface area contributed by atoms with Crippen LogP contribution in [-0.2, 0) is 16.4 Å². The molecule has 0 amide bonds. The van der Waals surface area contributed by atoms with Gasteiger partial charge in [0.25, 0.3) is 10.0 Å². The lowest BCUT2D eigenvalue weighted by molar-refractivity contribution is 0.576. The molecule has 0 aliphatic rings. The number of sulfonamides is 1. The summed E-state index contributed by atoms with van der Waals surface area (Å²) in [6.07, 6.45) is 5.38. The van der Waals surface area contributed by atoms with E-state index < -0.39 is 10.0 Å². The summed E-state index contributed by atoms with van der Waals surface area (Å²) in [6.45, 7) is 0.218. The average molecular weight is 306 g/mol. The first-order valence-corrected chi connectivity index (χ1v) is 7.77. The molecule has 3 rings (SSSR count). The summed E-state index contributed by atoms with van der Waals surface area (Å²) in [5, 5.41) is -0.0439. The number of aromatic amines is 1. The quantitative estimate of drug-likeness (QED) is 0.620. The SMILES string of the molecule is Nc1nc2ccccn2c1S(=O)(=O)NCCc1ncc[nH]1. The fraction of sp³-hybridized carbons (Fsp3) is 0.167. The minimum absolute atomic E-state index is 0.0216. The Bertz CT molecular complexity index is 853. The van der Waals surface area contributed by atoms with E-state index in [2.05, 4.69) is 19.7 Å². The van der Waals surface area contributed by atoms with Crippen molar-refractivity contribution in [1.82, 2.24) is 24.1 Å². The van der Waals surface area contributed by atoms with Crippen molar-refractivity contribution in [2.75, 3.05) is 12.3 Å². The Balaban J connectivity index is 1.84. The monoisotopic (exact) mass is 306 g/mol.